The molecule has 0 radical (unpaired) electrons. The number of hydrogen-bond acceptors (Lipinski definition) is 6. The van der Waals surface area contributed by atoms with Crippen molar-refractivity contribution in [3.8, 4) is 5.88 Å². The molecule has 8 nitrogen and oxygen atoms in total. The molecule has 1 aliphatic rings. The monoisotopic (exact) mass is 376 g/mol. The van der Waals surface area contributed by atoms with Gasteiger partial charge in [0.25, 0.3) is 5.91 Å². The zero-order valence-corrected chi connectivity index (χ0v) is 15.6. The average Bonchev–Trinajstić information content (AvgIpc) is 3.17. The van der Waals surface area contributed by atoms with Gasteiger partial charge in [-0.3, -0.25) is 9.79 Å². The highest BCUT2D eigenvalue weighted by Gasteiger charge is 2.32. The molecule has 3 aromatic rings. The Morgan fingerprint density at radius 3 is 2.86 bits per heavy atom. The van der Waals surface area contributed by atoms with Crippen LogP contribution in [0.1, 0.15) is 28.7 Å². The van der Waals surface area contributed by atoms with Gasteiger partial charge in [-0.1, -0.05) is 12.1 Å². The summed E-state index contributed by atoms with van der Waals surface area (Å²) in [5, 5.41) is 2.85. The van der Waals surface area contributed by atoms with E-state index in [-0.39, 0.29) is 11.6 Å². The van der Waals surface area contributed by atoms with Crippen LogP contribution in [-0.2, 0) is 12.1 Å². The molecule has 0 unspecified atom stereocenters. The number of carbonyl (C=O) groups excluding carboxylic acids is 1. The first-order valence-electron chi connectivity index (χ1n) is 8.77. The second-order valence-electron chi connectivity index (χ2n) is 6.77. The predicted molar refractivity (Wildman–Crippen MR) is 105 cm³/mol. The minimum absolute atomic E-state index is 0.203. The summed E-state index contributed by atoms with van der Waals surface area (Å²) >= 11 is 0. The maximum atomic E-state index is 12.5. The summed E-state index contributed by atoms with van der Waals surface area (Å²) in [7, 11) is 1.49. The highest BCUT2D eigenvalue weighted by Crippen LogP contribution is 2.33. The van der Waals surface area contributed by atoms with Crippen LogP contribution in [0, 0.1) is 0 Å². The van der Waals surface area contributed by atoms with Crippen LogP contribution >= 0.6 is 0 Å². The van der Waals surface area contributed by atoms with Gasteiger partial charge in [-0.2, -0.15) is 0 Å². The number of ether oxygens (including phenoxy) is 1. The number of carbonyl (C=O) groups is 1. The maximum absolute atomic E-state index is 12.5. The molecule has 3 heterocycles. The van der Waals surface area contributed by atoms with E-state index in [1.807, 2.05) is 49.5 Å². The summed E-state index contributed by atoms with van der Waals surface area (Å²) in [5.41, 5.74) is 8.34. The van der Waals surface area contributed by atoms with Crippen molar-refractivity contribution in [2.45, 2.75) is 19.0 Å². The number of amidine groups is 1. The third-order valence-corrected chi connectivity index (χ3v) is 4.75. The molecule has 0 saturated carbocycles. The molecule has 0 aliphatic carbocycles. The summed E-state index contributed by atoms with van der Waals surface area (Å²) in [6.07, 6.45) is 4.77. The van der Waals surface area contributed by atoms with Crippen molar-refractivity contribution in [2.24, 2.45) is 10.7 Å². The fraction of sp³-hybridized carbons (Fsp3) is 0.200. The van der Waals surface area contributed by atoms with Crippen molar-refractivity contribution in [3.63, 3.8) is 0 Å². The van der Waals surface area contributed by atoms with Crippen LogP contribution < -0.4 is 15.8 Å². The molecule has 0 spiro atoms. The molecular weight excluding hydrogens is 356 g/mol. The van der Waals surface area contributed by atoms with Gasteiger partial charge in [-0.25, -0.2) is 9.97 Å². The van der Waals surface area contributed by atoms with Gasteiger partial charge in [0.15, 0.2) is 0 Å². The lowest BCUT2D eigenvalue weighted by Gasteiger charge is -2.32. The Balaban J connectivity index is 1.58. The summed E-state index contributed by atoms with van der Waals surface area (Å²) in [5.74, 6) is 0.502. The highest BCUT2D eigenvalue weighted by atomic mass is 16.5. The van der Waals surface area contributed by atoms with Crippen molar-refractivity contribution < 1.29 is 9.53 Å². The van der Waals surface area contributed by atoms with Crippen LogP contribution in [0.15, 0.2) is 60.0 Å². The van der Waals surface area contributed by atoms with E-state index in [2.05, 4.69) is 19.9 Å². The van der Waals surface area contributed by atoms with E-state index in [0.717, 1.165) is 11.3 Å². The third-order valence-electron chi connectivity index (χ3n) is 4.75. The summed E-state index contributed by atoms with van der Waals surface area (Å²) < 4.78 is 7.04. The SMILES string of the molecule is COc1cnc(C(=O)Nc2cccc([C@@]3(C)Cn4cccc4C(N)=N3)c2)cn1. The molecule has 28 heavy (non-hydrogen) atoms. The van der Waals surface area contributed by atoms with Crippen LogP contribution in [-0.4, -0.2) is 33.4 Å². The Kier molecular flexibility index (Phi) is 4.31. The van der Waals surface area contributed by atoms with Crippen LogP contribution in [0.25, 0.3) is 0 Å². The quantitative estimate of drug-likeness (QED) is 0.726. The molecule has 1 aromatic carbocycles. The van der Waals surface area contributed by atoms with Crippen LogP contribution in [0.2, 0.25) is 0 Å². The summed E-state index contributed by atoms with van der Waals surface area (Å²) in [6, 6.07) is 11.5. The number of aliphatic imine (C=N–C) groups is 1. The van der Waals surface area contributed by atoms with E-state index < -0.39 is 5.54 Å². The number of amides is 1. The Hall–Kier alpha value is -3.68. The van der Waals surface area contributed by atoms with E-state index in [1.165, 1.54) is 19.5 Å². The lowest BCUT2D eigenvalue weighted by molar-refractivity contribution is 0.102. The summed E-state index contributed by atoms with van der Waals surface area (Å²) in [6.45, 7) is 2.69. The number of aromatic nitrogens is 3. The first kappa shape index (κ1) is 17.7. The molecule has 1 amide bonds. The fourth-order valence-electron chi connectivity index (χ4n) is 3.30. The Morgan fingerprint density at radius 2 is 2.11 bits per heavy atom. The lowest BCUT2D eigenvalue weighted by Crippen LogP contribution is -2.36. The number of benzene rings is 1. The number of fused-ring (bicyclic) bond motifs is 1. The average molecular weight is 376 g/mol. The molecule has 3 N–H and O–H groups in total. The number of anilines is 1. The van der Waals surface area contributed by atoms with Crippen molar-refractivity contribution >= 4 is 17.4 Å². The lowest BCUT2D eigenvalue weighted by atomic mass is 9.90. The van der Waals surface area contributed by atoms with E-state index >= 15 is 0 Å². The second kappa shape index (κ2) is 6.80. The summed E-state index contributed by atoms with van der Waals surface area (Å²) in [4.78, 5) is 25.2. The largest absolute Gasteiger partial charge is 0.480 e. The van der Waals surface area contributed by atoms with Gasteiger partial charge >= 0.3 is 0 Å². The molecule has 0 bridgehead atoms. The highest BCUT2D eigenvalue weighted by molar-refractivity contribution is 6.02. The fourth-order valence-corrected chi connectivity index (χ4v) is 3.30. The minimum Gasteiger partial charge on any atom is -0.480 e. The van der Waals surface area contributed by atoms with Gasteiger partial charge < -0.3 is 20.4 Å². The molecular formula is C20H20N6O2. The molecule has 0 fully saturated rings. The van der Waals surface area contributed by atoms with Gasteiger partial charge in [0.2, 0.25) is 5.88 Å². The number of nitrogens with two attached hydrogens (primary N) is 1. The molecule has 2 aromatic heterocycles. The van der Waals surface area contributed by atoms with Gasteiger partial charge in [0.1, 0.15) is 17.1 Å². The molecule has 142 valence electrons. The number of rotatable bonds is 4. The molecule has 0 saturated heterocycles. The number of nitrogens with zero attached hydrogens (tertiary/aromatic N) is 4. The van der Waals surface area contributed by atoms with Crippen LogP contribution in [0.4, 0.5) is 5.69 Å². The van der Waals surface area contributed by atoms with Crippen molar-refractivity contribution in [1.82, 2.24) is 14.5 Å². The van der Waals surface area contributed by atoms with Crippen molar-refractivity contribution in [3.05, 3.63) is 71.9 Å². The van der Waals surface area contributed by atoms with Gasteiger partial charge in [0.05, 0.1) is 31.7 Å². The van der Waals surface area contributed by atoms with E-state index in [4.69, 9.17) is 15.5 Å². The van der Waals surface area contributed by atoms with Gasteiger partial charge in [-0.15, -0.1) is 0 Å². The Labute approximate surface area is 162 Å². The Bertz CT molecular complexity index is 1060. The van der Waals surface area contributed by atoms with E-state index in [9.17, 15) is 4.79 Å². The van der Waals surface area contributed by atoms with E-state index in [1.54, 1.807) is 0 Å². The van der Waals surface area contributed by atoms with Gasteiger partial charge in [-0.05, 0) is 36.8 Å². The molecule has 1 atom stereocenters. The zero-order chi connectivity index (χ0) is 19.7. The molecule has 8 heteroatoms. The second-order valence-corrected chi connectivity index (χ2v) is 6.77. The van der Waals surface area contributed by atoms with Crippen molar-refractivity contribution in [2.75, 3.05) is 12.4 Å². The normalized spacial score (nSPS) is 18.1. The standard InChI is InChI=1S/C20H20N6O2/c1-20(12-26-8-4-7-16(26)18(21)25-20)13-5-3-6-14(9-13)24-19(27)15-10-23-17(28-2)11-22-15/h3-11H,12H2,1-2H3,(H2,21,25)(H,24,27)/t20-/m1/s1. The zero-order valence-electron chi connectivity index (χ0n) is 15.6. The van der Waals surface area contributed by atoms with Crippen LogP contribution in [0.3, 0.4) is 0 Å². The topological polar surface area (TPSA) is 107 Å². The van der Waals surface area contributed by atoms with Crippen LogP contribution in [0.5, 0.6) is 5.88 Å². The van der Waals surface area contributed by atoms with E-state index in [0.29, 0.717) is 23.9 Å². The smallest absolute Gasteiger partial charge is 0.275 e. The first-order chi connectivity index (χ1) is 13.5. The molecule has 4 rings (SSSR count). The third kappa shape index (κ3) is 3.20. The minimum atomic E-state index is -0.531. The molecule has 1 aliphatic heterocycles. The van der Waals surface area contributed by atoms with Gasteiger partial charge in [0, 0.05) is 11.9 Å². The predicted octanol–water partition coefficient (Wildman–Crippen LogP) is 2.17. The maximum Gasteiger partial charge on any atom is 0.275 e. The first-order valence-corrected chi connectivity index (χ1v) is 8.77. The number of nitrogens with one attached hydrogen (secondary N) is 1. The number of methoxy groups -OCH3 is 1. The number of hydrogen-bond donors (Lipinski definition) is 2. The Morgan fingerprint density at radius 1 is 1.25 bits per heavy atom. The van der Waals surface area contributed by atoms with Crippen molar-refractivity contribution in [1.29, 1.82) is 0 Å².